The molecule has 0 unspecified atom stereocenters. The van der Waals surface area contributed by atoms with E-state index in [1.807, 2.05) is 31.2 Å². The highest BCUT2D eigenvalue weighted by Gasteiger charge is 2.29. The molecule has 1 fully saturated rings. The van der Waals surface area contributed by atoms with Gasteiger partial charge in [0.15, 0.2) is 0 Å². The zero-order valence-electron chi connectivity index (χ0n) is 14.6. The number of aryl methyl sites for hydroxylation is 1. The number of hydrogen-bond acceptors (Lipinski definition) is 3. The number of carbonyl (C=O) groups is 1. The van der Waals surface area contributed by atoms with Crippen molar-refractivity contribution in [3.63, 3.8) is 0 Å². The van der Waals surface area contributed by atoms with Crippen molar-refractivity contribution in [3.8, 4) is 0 Å². The molecule has 1 aliphatic heterocycles. The lowest BCUT2D eigenvalue weighted by Gasteiger charge is -2.34. The van der Waals surface area contributed by atoms with Crippen LogP contribution in [0.25, 0.3) is 0 Å². The molecule has 0 saturated carbocycles. The van der Waals surface area contributed by atoms with Crippen molar-refractivity contribution >= 4 is 27.5 Å². The van der Waals surface area contributed by atoms with Gasteiger partial charge in [-0.15, -0.1) is 0 Å². The maximum absolute atomic E-state index is 12.6. The molecule has 0 spiro atoms. The molecule has 138 valence electrons. The Balaban J connectivity index is 1.61. The van der Waals surface area contributed by atoms with Crippen molar-refractivity contribution in [1.29, 1.82) is 0 Å². The van der Waals surface area contributed by atoms with Crippen molar-refractivity contribution < 1.29 is 13.2 Å². The molecule has 1 amide bonds. The Labute approximate surface area is 159 Å². The van der Waals surface area contributed by atoms with Gasteiger partial charge in [0.1, 0.15) is 0 Å². The topological polar surface area (TPSA) is 57.7 Å². The zero-order valence-corrected chi connectivity index (χ0v) is 16.1. The van der Waals surface area contributed by atoms with Crippen LogP contribution in [0.4, 0.5) is 0 Å². The van der Waals surface area contributed by atoms with E-state index < -0.39 is 10.0 Å². The minimum atomic E-state index is -3.39. The average Bonchev–Trinajstić information content (AvgIpc) is 2.64. The molecule has 0 atom stereocenters. The highest BCUT2D eigenvalue weighted by Crippen LogP contribution is 2.17. The lowest BCUT2D eigenvalue weighted by molar-refractivity contribution is 0.0698. The van der Waals surface area contributed by atoms with E-state index in [0.717, 1.165) is 11.1 Å². The molecule has 26 heavy (non-hydrogen) atoms. The Kier molecular flexibility index (Phi) is 5.65. The van der Waals surface area contributed by atoms with Gasteiger partial charge in [-0.2, -0.15) is 4.31 Å². The van der Waals surface area contributed by atoms with Crippen molar-refractivity contribution in [2.75, 3.05) is 26.2 Å². The number of rotatable bonds is 4. The molecule has 0 N–H and O–H groups in total. The standard InChI is InChI=1S/C19H21ClN2O3S/c1-15-2-4-16(5-3-15)14-26(24,25)22-12-10-21(11-13-22)19(23)17-6-8-18(20)9-7-17/h2-9H,10-14H2,1H3. The summed E-state index contributed by atoms with van der Waals surface area (Å²) < 4.78 is 26.7. The fourth-order valence-electron chi connectivity index (χ4n) is 2.93. The number of sulfonamides is 1. The molecule has 0 radical (unpaired) electrons. The lowest BCUT2D eigenvalue weighted by atomic mass is 10.2. The number of amides is 1. The number of benzene rings is 2. The molecule has 0 bridgehead atoms. The van der Waals surface area contributed by atoms with Crippen LogP contribution in [0.3, 0.4) is 0 Å². The summed E-state index contributed by atoms with van der Waals surface area (Å²) in [7, 11) is -3.39. The van der Waals surface area contributed by atoms with Crippen LogP contribution >= 0.6 is 11.6 Å². The van der Waals surface area contributed by atoms with E-state index in [-0.39, 0.29) is 11.7 Å². The van der Waals surface area contributed by atoms with Crippen molar-refractivity contribution in [1.82, 2.24) is 9.21 Å². The second-order valence-corrected chi connectivity index (χ2v) is 8.85. The van der Waals surface area contributed by atoms with Gasteiger partial charge in [-0.25, -0.2) is 8.42 Å². The number of nitrogens with zero attached hydrogens (tertiary/aromatic N) is 2. The van der Waals surface area contributed by atoms with E-state index in [1.165, 1.54) is 4.31 Å². The van der Waals surface area contributed by atoms with Gasteiger partial charge < -0.3 is 4.90 Å². The Hall–Kier alpha value is -1.89. The largest absolute Gasteiger partial charge is 0.336 e. The van der Waals surface area contributed by atoms with E-state index in [4.69, 9.17) is 11.6 Å². The summed E-state index contributed by atoms with van der Waals surface area (Å²) in [5.74, 6) is -0.115. The molecule has 2 aromatic carbocycles. The number of halogens is 1. The maximum atomic E-state index is 12.6. The molecule has 0 aliphatic carbocycles. The van der Waals surface area contributed by atoms with Crippen molar-refractivity contribution in [2.45, 2.75) is 12.7 Å². The van der Waals surface area contributed by atoms with Gasteiger partial charge in [0.25, 0.3) is 5.91 Å². The quantitative estimate of drug-likeness (QED) is 0.803. The molecule has 5 nitrogen and oxygen atoms in total. The first-order valence-corrected chi connectivity index (χ1v) is 10.4. The maximum Gasteiger partial charge on any atom is 0.253 e. The first-order chi connectivity index (χ1) is 12.3. The predicted molar refractivity (Wildman–Crippen MR) is 103 cm³/mol. The Morgan fingerprint density at radius 1 is 0.962 bits per heavy atom. The normalized spacial score (nSPS) is 15.8. The van der Waals surface area contributed by atoms with Gasteiger partial charge >= 0.3 is 0 Å². The minimum Gasteiger partial charge on any atom is -0.336 e. The van der Waals surface area contributed by atoms with E-state index in [1.54, 1.807) is 29.2 Å². The summed E-state index contributed by atoms with van der Waals surface area (Å²) in [6.45, 7) is 3.36. The van der Waals surface area contributed by atoms with Crippen LogP contribution in [0.1, 0.15) is 21.5 Å². The molecular weight excluding hydrogens is 372 g/mol. The zero-order chi connectivity index (χ0) is 18.7. The summed E-state index contributed by atoms with van der Waals surface area (Å²) in [5.41, 5.74) is 2.43. The summed E-state index contributed by atoms with van der Waals surface area (Å²) in [5, 5.41) is 0.577. The predicted octanol–water partition coefficient (Wildman–Crippen LogP) is 2.94. The minimum absolute atomic E-state index is 0.0155. The highest BCUT2D eigenvalue weighted by atomic mass is 35.5. The SMILES string of the molecule is Cc1ccc(CS(=O)(=O)N2CCN(C(=O)c3ccc(Cl)cc3)CC2)cc1. The lowest BCUT2D eigenvalue weighted by Crippen LogP contribution is -2.50. The smallest absolute Gasteiger partial charge is 0.253 e. The Morgan fingerprint density at radius 2 is 1.54 bits per heavy atom. The van der Waals surface area contributed by atoms with Crippen LogP contribution in [0.2, 0.25) is 5.02 Å². The molecule has 3 rings (SSSR count). The number of carbonyl (C=O) groups excluding carboxylic acids is 1. The Morgan fingerprint density at radius 3 is 2.12 bits per heavy atom. The van der Waals surface area contributed by atoms with E-state index >= 15 is 0 Å². The molecule has 0 aromatic heterocycles. The molecule has 1 heterocycles. The van der Waals surface area contributed by atoms with Crippen molar-refractivity contribution in [3.05, 3.63) is 70.2 Å². The average molecular weight is 393 g/mol. The van der Waals surface area contributed by atoms with Crippen LogP contribution < -0.4 is 0 Å². The first kappa shape index (κ1) is 18.9. The van der Waals surface area contributed by atoms with Gasteiger partial charge in [-0.3, -0.25) is 4.79 Å². The fourth-order valence-corrected chi connectivity index (χ4v) is 4.57. The van der Waals surface area contributed by atoms with Gasteiger partial charge in [0.05, 0.1) is 5.75 Å². The highest BCUT2D eigenvalue weighted by molar-refractivity contribution is 7.88. The first-order valence-electron chi connectivity index (χ1n) is 8.43. The van der Waals surface area contributed by atoms with Crippen LogP contribution in [0.15, 0.2) is 48.5 Å². The van der Waals surface area contributed by atoms with Gasteiger partial charge in [-0.05, 0) is 36.8 Å². The van der Waals surface area contributed by atoms with Crippen molar-refractivity contribution in [2.24, 2.45) is 0 Å². The molecule has 1 saturated heterocycles. The third-order valence-corrected chi connectivity index (χ3v) is 6.58. The Bertz CT molecular complexity index is 872. The summed E-state index contributed by atoms with van der Waals surface area (Å²) in [4.78, 5) is 14.2. The van der Waals surface area contributed by atoms with E-state index in [2.05, 4.69) is 0 Å². The molecule has 1 aliphatic rings. The van der Waals surface area contributed by atoms with Gasteiger partial charge in [0, 0.05) is 36.8 Å². The van der Waals surface area contributed by atoms with Gasteiger partial charge in [-0.1, -0.05) is 41.4 Å². The monoisotopic (exact) mass is 392 g/mol. The third kappa shape index (κ3) is 4.44. The van der Waals surface area contributed by atoms with E-state index in [9.17, 15) is 13.2 Å². The third-order valence-electron chi connectivity index (χ3n) is 4.48. The second kappa shape index (κ2) is 7.78. The van der Waals surface area contributed by atoms with Crippen LogP contribution in [-0.2, 0) is 15.8 Å². The second-order valence-electron chi connectivity index (χ2n) is 6.44. The number of hydrogen-bond donors (Lipinski definition) is 0. The number of piperazine rings is 1. The fraction of sp³-hybridized carbons (Fsp3) is 0.316. The van der Waals surface area contributed by atoms with Crippen LogP contribution in [0, 0.1) is 6.92 Å². The summed E-state index contributed by atoms with van der Waals surface area (Å²) in [6.07, 6.45) is 0. The summed E-state index contributed by atoms with van der Waals surface area (Å²) in [6, 6.07) is 14.2. The van der Waals surface area contributed by atoms with Gasteiger partial charge in [0.2, 0.25) is 10.0 Å². The van der Waals surface area contributed by atoms with Crippen LogP contribution in [0.5, 0.6) is 0 Å². The molecular formula is C19H21ClN2O3S. The van der Waals surface area contributed by atoms with E-state index in [0.29, 0.717) is 36.8 Å². The molecule has 2 aromatic rings. The summed E-state index contributed by atoms with van der Waals surface area (Å²) >= 11 is 5.85. The van der Waals surface area contributed by atoms with Crippen LogP contribution in [-0.4, -0.2) is 49.7 Å². The molecule has 7 heteroatoms.